The summed E-state index contributed by atoms with van der Waals surface area (Å²) in [7, 11) is 0. The summed E-state index contributed by atoms with van der Waals surface area (Å²) in [6.07, 6.45) is 0.212. The zero-order valence-corrected chi connectivity index (χ0v) is 12.3. The number of nitrogens with zero attached hydrogens (tertiary/aromatic N) is 1. The van der Waals surface area contributed by atoms with Gasteiger partial charge in [-0.25, -0.2) is 4.39 Å². The molecule has 7 heteroatoms. The largest absolute Gasteiger partial charge is 0.308 e. The van der Waals surface area contributed by atoms with Crippen molar-refractivity contribution in [3.05, 3.63) is 28.0 Å². The van der Waals surface area contributed by atoms with Crippen molar-refractivity contribution in [2.24, 2.45) is 0 Å². The maximum atomic E-state index is 14.0. The number of amides is 1. The molecule has 1 fully saturated rings. The predicted molar refractivity (Wildman–Crippen MR) is 75.5 cm³/mol. The molecule has 1 aliphatic rings. The fraction of sp³-hybridized carbons (Fsp3) is 0.333. The van der Waals surface area contributed by atoms with Gasteiger partial charge in [-0.1, -0.05) is 35.0 Å². The first-order chi connectivity index (χ1) is 8.90. The zero-order valence-electron chi connectivity index (χ0n) is 9.95. The van der Waals surface area contributed by atoms with Crippen LogP contribution < -0.4 is 4.90 Å². The van der Waals surface area contributed by atoms with Crippen molar-refractivity contribution in [3.8, 4) is 0 Å². The highest BCUT2D eigenvalue weighted by Gasteiger charge is 2.33. The van der Waals surface area contributed by atoms with E-state index < -0.39 is 5.82 Å². The monoisotopic (exact) mass is 321 g/mol. The SMILES string of the molecule is CC(=O)SC1CC(=O)N(c2ccc(Cl)c(Cl)c2F)C1. The second kappa shape index (κ2) is 5.69. The van der Waals surface area contributed by atoms with Gasteiger partial charge in [0.25, 0.3) is 0 Å². The van der Waals surface area contributed by atoms with Gasteiger partial charge in [0, 0.05) is 25.1 Å². The van der Waals surface area contributed by atoms with Gasteiger partial charge < -0.3 is 4.90 Å². The van der Waals surface area contributed by atoms with Gasteiger partial charge in [0.1, 0.15) is 0 Å². The molecule has 1 amide bonds. The number of carbonyl (C=O) groups is 2. The van der Waals surface area contributed by atoms with Gasteiger partial charge in [-0.3, -0.25) is 9.59 Å². The number of rotatable bonds is 2. The van der Waals surface area contributed by atoms with Gasteiger partial charge in [0.2, 0.25) is 5.91 Å². The molecule has 3 nitrogen and oxygen atoms in total. The van der Waals surface area contributed by atoms with Gasteiger partial charge in [-0.15, -0.1) is 0 Å². The lowest BCUT2D eigenvalue weighted by molar-refractivity contribution is -0.117. The molecule has 0 aromatic heterocycles. The Morgan fingerprint density at radius 3 is 2.79 bits per heavy atom. The van der Waals surface area contributed by atoms with Gasteiger partial charge in [-0.2, -0.15) is 0 Å². The second-order valence-corrected chi connectivity index (χ2v) is 6.40. The summed E-state index contributed by atoms with van der Waals surface area (Å²) in [6, 6.07) is 2.86. The van der Waals surface area contributed by atoms with E-state index in [4.69, 9.17) is 23.2 Å². The minimum atomic E-state index is -0.712. The molecule has 1 heterocycles. The van der Waals surface area contributed by atoms with Crippen LogP contribution >= 0.6 is 35.0 Å². The van der Waals surface area contributed by atoms with Crippen molar-refractivity contribution < 1.29 is 14.0 Å². The number of thioether (sulfide) groups is 1. The van der Waals surface area contributed by atoms with Crippen LogP contribution in [0.3, 0.4) is 0 Å². The molecular weight excluding hydrogens is 312 g/mol. The molecule has 1 aromatic carbocycles. The van der Waals surface area contributed by atoms with E-state index in [2.05, 4.69) is 0 Å². The Kier molecular flexibility index (Phi) is 4.38. The number of halogens is 3. The normalized spacial score (nSPS) is 19.1. The van der Waals surface area contributed by atoms with Gasteiger partial charge in [-0.05, 0) is 12.1 Å². The summed E-state index contributed by atoms with van der Waals surface area (Å²) < 4.78 is 14.0. The quantitative estimate of drug-likeness (QED) is 0.782. The number of carbonyl (C=O) groups excluding carboxylic acids is 2. The van der Waals surface area contributed by atoms with Crippen LogP contribution in [0.5, 0.6) is 0 Å². The van der Waals surface area contributed by atoms with Crippen LogP contribution in [-0.2, 0) is 9.59 Å². The summed E-state index contributed by atoms with van der Waals surface area (Å²) in [5.74, 6) is -0.938. The number of hydrogen-bond donors (Lipinski definition) is 0. The third-order valence-corrected chi connectivity index (χ3v) is 4.49. The molecule has 2 rings (SSSR count). The van der Waals surface area contributed by atoms with Crippen LogP contribution in [0.15, 0.2) is 12.1 Å². The topological polar surface area (TPSA) is 37.4 Å². The molecule has 0 bridgehead atoms. The van der Waals surface area contributed by atoms with Gasteiger partial charge in [0.15, 0.2) is 10.9 Å². The van der Waals surface area contributed by atoms with Crippen molar-refractivity contribution in [2.45, 2.75) is 18.6 Å². The first kappa shape index (κ1) is 14.6. The number of hydrogen-bond acceptors (Lipinski definition) is 3. The Morgan fingerprint density at radius 2 is 2.16 bits per heavy atom. The molecule has 0 aliphatic carbocycles. The molecule has 19 heavy (non-hydrogen) atoms. The van der Waals surface area contributed by atoms with Crippen molar-refractivity contribution in [2.75, 3.05) is 11.4 Å². The fourth-order valence-electron chi connectivity index (χ4n) is 1.95. The molecule has 1 aromatic rings. The smallest absolute Gasteiger partial charge is 0.228 e. The second-order valence-electron chi connectivity index (χ2n) is 4.13. The Bertz CT molecular complexity index is 553. The summed E-state index contributed by atoms with van der Waals surface area (Å²) in [5.41, 5.74) is 0.103. The zero-order chi connectivity index (χ0) is 14.2. The molecule has 1 saturated heterocycles. The first-order valence-corrected chi connectivity index (χ1v) is 7.14. The van der Waals surface area contributed by atoms with E-state index in [0.29, 0.717) is 0 Å². The molecule has 0 N–H and O–H groups in total. The van der Waals surface area contributed by atoms with Crippen molar-refractivity contribution >= 4 is 51.7 Å². The summed E-state index contributed by atoms with van der Waals surface area (Å²) >= 11 is 12.5. The first-order valence-electron chi connectivity index (χ1n) is 5.51. The Hall–Kier alpha value is -0.780. The Labute approximate surface area is 124 Å². The van der Waals surface area contributed by atoms with Crippen molar-refractivity contribution in [1.82, 2.24) is 0 Å². The third kappa shape index (κ3) is 3.04. The summed E-state index contributed by atoms with van der Waals surface area (Å²) in [6.45, 7) is 1.73. The van der Waals surface area contributed by atoms with Crippen LogP contribution in [-0.4, -0.2) is 22.8 Å². The van der Waals surface area contributed by atoms with Crippen LogP contribution in [0.1, 0.15) is 13.3 Å². The summed E-state index contributed by atoms with van der Waals surface area (Å²) in [5, 5.41) is -0.313. The van der Waals surface area contributed by atoms with Crippen LogP contribution in [0.4, 0.5) is 10.1 Å². The van der Waals surface area contributed by atoms with E-state index in [0.717, 1.165) is 11.8 Å². The molecule has 0 saturated carbocycles. The standard InChI is InChI=1S/C12H10Cl2FNO2S/c1-6(17)19-7-4-10(18)16(5-7)9-3-2-8(13)11(14)12(9)15/h2-3,7H,4-5H2,1H3. The van der Waals surface area contributed by atoms with Crippen LogP contribution in [0.2, 0.25) is 10.0 Å². The van der Waals surface area contributed by atoms with Gasteiger partial charge >= 0.3 is 0 Å². The lowest BCUT2D eigenvalue weighted by Crippen LogP contribution is -2.26. The molecule has 1 unspecified atom stereocenters. The van der Waals surface area contributed by atoms with Gasteiger partial charge in [0.05, 0.1) is 15.7 Å². The Balaban J connectivity index is 2.26. The van der Waals surface area contributed by atoms with E-state index in [1.807, 2.05) is 0 Å². The lowest BCUT2D eigenvalue weighted by atomic mass is 10.3. The Morgan fingerprint density at radius 1 is 1.47 bits per heavy atom. The average Bonchev–Trinajstić information content (AvgIpc) is 2.66. The fourth-order valence-corrected chi connectivity index (χ4v) is 3.17. The maximum Gasteiger partial charge on any atom is 0.228 e. The predicted octanol–water partition coefficient (Wildman–Crippen LogP) is 3.52. The van der Waals surface area contributed by atoms with Crippen LogP contribution in [0.25, 0.3) is 0 Å². The van der Waals surface area contributed by atoms with E-state index in [-0.39, 0.29) is 45.0 Å². The van der Waals surface area contributed by atoms with E-state index in [1.54, 1.807) is 0 Å². The molecule has 102 valence electrons. The third-order valence-electron chi connectivity index (χ3n) is 2.73. The molecule has 1 atom stereocenters. The highest BCUT2D eigenvalue weighted by atomic mass is 35.5. The van der Waals surface area contributed by atoms with Crippen LogP contribution in [0, 0.1) is 5.82 Å². The maximum absolute atomic E-state index is 14.0. The van der Waals surface area contributed by atoms with E-state index >= 15 is 0 Å². The molecule has 0 spiro atoms. The minimum Gasteiger partial charge on any atom is -0.308 e. The van der Waals surface area contributed by atoms with E-state index in [1.165, 1.54) is 24.0 Å². The highest BCUT2D eigenvalue weighted by molar-refractivity contribution is 8.14. The molecule has 1 aliphatic heterocycles. The van der Waals surface area contributed by atoms with Crippen molar-refractivity contribution in [3.63, 3.8) is 0 Å². The highest BCUT2D eigenvalue weighted by Crippen LogP contribution is 2.35. The average molecular weight is 322 g/mol. The molecule has 0 radical (unpaired) electrons. The lowest BCUT2D eigenvalue weighted by Gasteiger charge is -2.18. The molecular formula is C12H10Cl2FNO2S. The summed E-state index contributed by atoms with van der Waals surface area (Å²) in [4.78, 5) is 24.2. The van der Waals surface area contributed by atoms with Crippen molar-refractivity contribution in [1.29, 1.82) is 0 Å². The van der Waals surface area contributed by atoms with E-state index in [9.17, 15) is 14.0 Å². The minimum absolute atomic E-state index is 0.0609. The number of anilines is 1. The number of benzene rings is 1.